The van der Waals surface area contributed by atoms with Crippen molar-refractivity contribution in [3.63, 3.8) is 0 Å². The summed E-state index contributed by atoms with van der Waals surface area (Å²) < 4.78 is 47.3. The van der Waals surface area contributed by atoms with Gasteiger partial charge in [-0.1, -0.05) is 13.8 Å². The summed E-state index contributed by atoms with van der Waals surface area (Å²) in [5, 5.41) is 0. The van der Waals surface area contributed by atoms with Crippen LogP contribution in [0.5, 0.6) is 0 Å². The molecule has 2 heterocycles. The molecule has 1 aromatic carbocycles. The van der Waals surface area contributed by atoms with Crippen LogP contribution in [0.1, 0.15) is 56.3 Å². The molecule has 5 nitrogen and oxygen atoms in total. The van der Waals surface area contributed by atoms with Crippen molar-refractivity contribution >= 4 is 16.9 Å². The molecule has 1 saturated carbocycles. The van der Waals surface area contributed by atoms with Gasteiger partial charge in [-0.15, -0.1) is 0 Å². The molecule has 8 heteroatoms. The summed E-state index contributed by atoms with van der Waals surface area (Å²) in [4.78, 5) is 18.7. The first-order valence-electron chi connectivity index (χ1n) is 9.92. The number of nitrogens with zero attached hydrogens (tertiary/aromatic N) is 3. The van der Waals surface area contributed by atoms with Crippen LogP contribution in [0.3, 0.4) is 0 Å². The van der Waals surface area contributed by atoms with Crippen molar-refractivity contribution in [2.24, 2.45) is 11.3 Å². The van der Waals surface area contributed by atoms with Crippen molar-refractivity contribution < 1.29 is 22.7 Å². The maximum Gasteiger partial charge on any atom is 0.449 e. The van der Waals surface area contributed by atoms with Gasteiger partial charge in [0.25, 0.3) is 5.91 Å². The number of hydrogen-bond donors (Lipinski definition) is 0. The molecule has 158 valence electrons. The number of carbonyl (C=O) groups excluding carboxylic acids is 1. The van der Waals surface area contributed by atoms with Gasteiger partial charge in [0.2, 0.25) is 5.82 Å². The second-order valence-corrected chi connectivity index (χ2v) is 9.03. The number of ether oxygens (including phenoxy) is 1. The summed E-state index contributed by atoms with van der Waals surface area (Å²) in [7, 11) is 1.77. The molecule has 2 aliphatic rings. The Morgan fingerprint density at radius 3 is 2.66 bits per heavy atom. The molecule has 2 fully saturated rings. The third-order valence-electron chi connectivity index (χ3n) is 6.48. The van der Waals surface area contributed by atoms with E-state index in [9.17, 15) is 18.0 Å². The van der Waals surface area contributed by atoms with E-state index in [0.717, 1.165) is 6.42 Å². The Hall–Kier alpha value is -2.09. The van der Waals surface area contributed by atoms with Crippen molar-refractivity contribution in [1.29, 1.82) is 0 Å². The first-order chi connectivity index (χ1) is 13.4. The second-order valence-electron chi connectivity index (χ2n) is 9.03. The number of halogens is 3. The topological polar surface area (TPSA) is 47.4 Å². The fraction of sp³-hybridized carbons (Fsp3) is 0.619. The SMILES string of the molecule is CC(C)n1c(C(F)(F)F)nc2cc(C(=O)N(C)C3C4CCOC4C3(C)C)ccc21. The van der Waals surface area contributed by atoms with Crippen LogP contribution >= 0.6 is 0 Å². The number of amides is 1. The summed E-state index contributed by atoms with van der Waals surface area (Å²) >= 11 is 0. The maximum atomic E-state index is 13.4. The summed E-state index contributed by atoms with van der Waals surface area (Å²) in [5.74, 6) is -0.839. The highest BCUT2D eigenvalue weighted by Crippen LogP contribution is 2.54. The van der Waals surface area contributed by atoms with Gasteiger partial charge < -0.3 is 14.2 Å². The lowest BCUT2D eigenvalue weighted by molar-refractivity contribution is -0.147. The number of carbonyl (C=O) groups is 1. The molecule has 1 aliphatic heterocycles. The number of imidazole rings is 1. The van der Waals surface area contributed by atoms with E-state index in [1.54, 1.807) is 37.9 Å². The number of benzene rings is 1. The minimum atomic E-state index is -4.56. The van der Waals surface area contributed by atoms with Gasteiger partial charge in [-0.2, -0.15) is 13.2 Å². The number of fused-ring (bicyclic) bond motifs is 2. The predicted molar refractivity (Wildman–Crippen MR) is 103 cm³/mol. The quantitative estimate of drug-likeness (QED) is 0.749. The van der Waals surface area contributed by atoms with Crippen molar-refractivity contribution in [2.75, 3.05) is 13.7 Å². The normalized spacial score (nSPS) is 25.9. The first kappa shape index (κ1) is 20.2. The van der Waals surface area contributed by atoms with Crippen LogP contribution in [-0.2, 0) is 10.9 Å². The van der Waals surface area contributed by atoms with Crippen LogP contribution in [0.4, 0.5) is 13.2 Å². The van der Waals surface area contributed by atoms with Crippen molar-refractivity contribution in [1.82, 2.24) is 14.5 Å². The summed E-state index contributed by atoms with van der Waals surface area (Å²) in [6.45, 7) is 8.26. The number of hydrogen-bond acceptors (Lipinski definition) is 3. The lowest BCUT2D eigenvalue weighted by atomic mass is 9.56. The van der Waals surface area contributed by atoms with Crippen LogP contribution in [0.15, 0.2) is 18.2 Å². The van der Waals surface area contributed by atoms with E-state index in [1.807, 2.05) is 0 Å². The Morgan fingerprint density at radius 2 is 2.03 bits per heavy atom. The van der Waals surface area contributed by atoms with E-state index in [2.05, 4.69) is 18.8 Å². The van der Waals surface area contributed by atoms with Gasteiger partial charge in [0.05, 0.1) is 17.1 Å². The average Bonchev–Trinajstić information content (AvgIpc) is 3.22. The Morgan fingerprint density at radius 1 is 1.34 bits per heavy atom. The second kappa shape index (κ2) is 6.45. The molecular formula is C21H26F3N3O2. The molecule has 29 heavy (non-hydrogen) atoms. The largest absolute Gasteiger partial charge is 0.449 e. The Bertz CT molecular complexity index is 964. The molecule has 0 spiro atoms. The van der Waals surface area contributed by atoms with E-state index >= 15 is 0 Å². The van der Waals surface area contributed by atoms with E-state index < -0.39 is 18.0 Å². The third-order valence-corrected chi connectivity index (χ3v) is 6.48. The molecular weight excluding hydrogens is 383 g/mol. The van der Waals surface area contributed by atoms with Gasteiger partial charge in [-0.3, -0.25) is 4.79 Å². The molecule has 4 rings (SSSR count). The monoisotopic (exact) mass is 409 g/mol. The zero-order valence-electron chi connectivity index (χ0n) is 17.2. The minimum absolute atomic E-state index is 0.0390. The molecule has 1 saturated heterocycles. The molecule has 0 bridgehead atoms. The highest BCUT2D eigenvalue weighted by molar-refractivity contribution is 5.97. The molecule has 3 unspecified atom stereocenters. The zero-order chi connectivity index (χ0) is 21.3. The summed E-state index contributed by atoms with van der Waals surface area (Å²) in [6, 6.07) is 4.26. The van der Waals surface area contributed by atoms with E-state index in [4.69, 9.17) is 4.74 Å². The molecule has 2 aromatic rings. The predicted octanol–water partition coefficient (Wildman–Crippen LogP) is 4.52. The van der Waals surface area contributed by atoms with E-state index in [-0.39, 0.29) is 29.0 Å². The smallest absolute Gasteiger partial charge is 0.377 e. The third kappa shape index (κ3) is 2.95. The van der Waals surface area contributed by atoms with Crippen molar-refractivity contribution in [3.05, 3.63) is 29.6 Å². The van der Waals surface area contributed by atoms with Crippen LogP contribution in [-0.4, -0.2) is 46.2 Å². The van der Waals surface area contributed by atoms with Crippen LogP contribution < -0.4 is 0 Å². The minimum Gasteiger partial charge on any atom is -0.377 e. The van der Waals surface area contributed by atoms with E-state index in [0.29, 0.717) is 23.6 Å². The summed E-state index contributed by atoms with van der Waals surface area (Å²) in [6.07, 6.45) is -3.48. The zero-order valence-corrected chi connectivity index (χ0v) is 17.2. The van der Waals surface area contributed by atoms with E-state index in [1.165, 1.54) is 10.6 Å². The molecule has 1 aromatic heterocycles. The van der Waals surface area contributed by atoms with Gasteiger partial charge in [-0.25, -0.2) is 4.98 Å². The van der Waals surface area contributed by atoms with Crippen LogP contribution in [0.25, 0.3) is 11.0 Å². The van der Waals surface area contributed by atoms with Crippen molar-refractivity contribution in [3.8, 4) is 0 Å². The number of rotatable bonds is 3. The molecule has 0 N–H and O–H groups in total. The highest BCUT2D eigenvalue weighted by Gasteiger charge is 2.61. The standard InChI is InChI=1S/C21H26F3N3O2/c1-11(2)27-15-7-6-12(10-14(15)25-19(27)21(22,23)24)18(28)26(5)16-13-8-9-29-17(13)20(16,3)4/h6-7,10-11,13,16-17H,8-9H2,1-5H3. The van der Waals surface area contributed by atoms with Gasteiger partial charge in [-0.05, 0) is 38.5 Å². The fourth-order valence-corrected chi connectivity index (χ4v) is 5.37. The molecule has 3 atom stereocenters. The lowest BCUT2D eigenvalue weighted by Crippen LogP contribution is -2.66. The lowest BCUT2D eigenvalue weighted by Gasteiger charge is -2.57. The van der Waals surface area contributed by atoms with Crippen molar-refractivity contribution in [2.45, 2.75) is 58.5 Å². The van der Waals surface area contributed by atoms with Crippen LogP contribution in [0, 0.1) is 11.3 Å². The molecule has 0 radical (unpaired) electrons. The Labute approximate surface area is 167 Å². The summed E-state index contributed by atoms with van der Waals surface area (Å²) in [5.41, 5.74) is 0.749. The fourth-order valence-electron chi connectivity index (χ4n) is 5.37. The first-order valence-corrected chi connectivity index (χ1v) is 9.92. The number of aromatic nitrogens is 2. The number of alkyl halides is 3. The van der Waals surface area contributed by atoms with Gasteiger partial charge in [0.15, 0.2) is 0 Å². The molecule has 1 amide bonds. The van der Waals surface area contributed by atoms with Crippen LogP contribution in [0.2, 0.25) is 0 Å². The maximum absolute atomic E-state index is 13.4. The Balaban J connectivity index is 1.68. The van der Waals surface area contributed by atoms with Gasteiger partial charge >= 0.3 is 6.18 Å². The van der Waals surface area contributed by atoms with Gasteiger partial charge in [0, 0.05) is 42.6 Å². The molecule has 1 aliphatic carbocycles. The van der Waals surface area contributed by atoms with Gasteiger partial charge in [0.1, 0.15) is 0 Å². The highest BCUT2D eigenvalue weighted by atomic mass is 19.4. The Kier molecular flexibility index (Phi) is 4.49. The average molecular weight is 409 g/mol.